The van der Waals surface area contributed by atoms with Crippen LogP contribution in [0, 0.1) is 0 Å². The molecule has 1 amide bonds. The van der Waals surface area contributed by atoms with Crippen LogP contribution in [-0.2, 0) is 20.0 Å². The van der Waals surface area contributed by atoms with E-state index in [-0.39, 0.29) is 23.5 Å². The zero-order chi connectivity index (χ0) is 21.5. The molecule has 1 N–H and O–H groups in total. The molecule has 3 aliphatic heterocycles. The SMILES string of the molecule is CCCS(=O)(=O)N1CCC(NC(=O)c2ccc3c(c2)SC2=NS(=O)(=O)CCN23)CC1. The van der Waals surface area contributed by atoms with E-state index in [0.717, 1.165) is 10.6 Å². The van der Waals surface area contributed by atoms with Crippen molar-refractivity contribution in [1.82, 2.24) is 9.62 Å². The van der Waals surface area contributed by atoms with Gasteiger partial charge in [0.05, 0.1) is 17.2 Å². The Bertz CT molecular complexity index is 1090. The number of nitrogens with zero attached hydrogens (tertiary/aromatic N) is 3. The van der Waals surface area contributed by atoms with Gasteiger partial charge in [-0.3, -0.25) is 4.79 Å². The lowest BCUT2D eigenvalue weighted by molar-refractivity contribution is 0.0923. The minimum atomic E-state index is -3.42. The molecule has 30 heavy (non-hydrogen) atoms. The van der Waals surface area contributed by atoms with E-state index in [1.165, 1.54) is 16.1 Å². The van der Waals surface area contributed by atoms with Crippen LogP contribution >= 0.6 is 11.8 Å². The van der Waals surface area contributed by atoms with Crippen LogP contribution in [0.2, 0.25) is 0 Å². The number of hydrogen-bond donors (Lipinski definition) is 1. The Labute approximate surface area is 181 Å². The minimum Gasteiger partial charge on any atom is -0.349 e. The summed E-state index contributed by atoms with van der Waals surface area (Å²) in [5, 5.41) is 3.42. The fourth-order valence-corrected chi connectivity index (χ4v) is 7.64. The van der Waals surface area contributed by atoms with Crippen LogP contribution < -0.4 is 10.2 Å². The number of sulfonamides is 2. The molecule has 0 bridgehead atoms. The second kappa shape index (κ2) is 8.13. The van der Waals surface area contributed by atoms with Crippen molar-refractivity contribution in [2.45, 2.75) is 37.1 Å². The van der Waals surface area contributed by atoms with E-state index < -0.39 is 20.0 Å². The Hall–Kier alpha value is -1.63. The first-order valence-electron chi connectivity index (χ1n) is 9.89. The predicted molar refractivity (Wildman–Crippen MR) is 117 cm³/mol. The first-order valence-corrected chi connectivity index (χ1v) is 13.9. The van der Waals surface area contributed by atoms with E-state index in [1.54, 1.807) is 12.1 Å². The van der Waals surface area contributed by atoms with Crippen molar-refractivity contribution in [1.29, 1.82) is 0 Å². The molecular weight excluding hydrogens is 448 g/mol. The highest BCUT2D eigenvalue weighted by molar-refractivity contribution is 8.15. The third-order valence-electron chi connectivity index (χ3n) is 5.38. The van der Waals surface area contributed by atoms with Gasteiger partial charge in [0.1, 0.15) is 0 Å². The fraction of sp³-hybridized carbons (Fsp3) is 0.556. The van der Waals surface area contributed by atoms with Crippen molar-refractivity contribution in [3.05, 3.63) is 23.8 Å². The van der Waals surface area contributed by atoms with E-state index in [9.17, 15) is 21.6 Å². The second-order valence-electron chi connectivity index (χ2n) is 7.56. The van der Waals surface area contributed by atoms with Crippen LogP contribution in [0.1, 0.15) is 36.5 Å². The molecule has 0 radical (unpaired) electrons. The molecule has 0 atom stereocenters. The lowest BCUT2D eigenvalue weighted by Crippen LogP contribution is -2.47. The van der Waals surface area contributed by atoms with Gasteiger partial charge in [-0.1, -0.05) is 6.92 Å². The molecule has 0 aromatic heterocycles. The van der Waals surface area contributed by atoms with Crippen LogP contribution in [0.15, 0.2) is 27.5 Å². The van der Waals surface area contributed by atoms with Crippen LogP contribution in [-0.4, -0.2) is 69.4 Å². The lowest BCUT2D eigenvalue weighted by Gasteiger charge is -2.31. The van der Waals surface area contributed by atoms with Gasteiger partial charge in [0.15, 0.2) is 5.17 Å². The second-order valence-corrected chi connectivity index (χ2v) is 12.4. The Morgan fingerprint density at radius 1 is 1.27 bits per heavy atom. The molecule has 0 aliphatic carbocycles. The van der Waals surface area contributed by atoms with Gasteiger partial charge < -0.3 is 10.2 Å². The Balaban J connectivity index is 1.40. The molecule has 1 saturated heterocycles. The molecule has 164 valence electrons. The van der Waals surface area contributed by atoms with Crippen molar-refractivity contribution in [2.75, 3.05) is 36.0 Å². The molecule has 0 spiro atoms. The standard InChI is InChI=1S/C18H24N4O5S3/c1-2-10-30(26,27)21-7-5-14(6-8-21)19-17(23)13-3-4-15-16(12-13)28-18-20-29(24,25)11-9-22(15)18/h3-4,12,14H,2,5-11H2,1H3,(H,19,23). The summed E-state index contributed by atoms with van der Waals surface area (Å²) in [4.78, 5) is 15.4. The van der Waals surface area contributed by atoms with E-state index in [1.807, 2.05) is 17.9 Å². The maximum absolute atomic E-state index is 12.7. The number of thioether (sulfide) groups is 1. The Morgan fingerprint density at radius 3 is 2.70 bits per heavy atom. The van der Waals surface area contributed by atoms with Gasteiger partial charge >= 0.3 is 0 Å². The van der Waals surface area contributed by atoms with E-state index in [0.29, 0.717) is 49.6 Å². The van der Waals surface area contributed by atoms with Gasteiger partial charge in [-0.15, -0.1) is 4.40 Å². The first kappa shape index (κ1) is 21.6. The van der Waals surface area contributed by atoms with Gasteiger partial charge in [-0.25, -0.2) is 21.1 Å². The topological polar surface area (TPSA) is 116 Å². The van der Waals surface area contributed by atoms with Crippen molar-refractivity contribution in [3.63, 3.8) is 0 Å². The molecule has 4 rings (SSSR count). The Kier molecular flexibility index (Phi) is 5.86. The number of carbonyl (C=O) groups excluding carboxylic acids is 1. The number of amidine groups is 1. The van der Waals surface area contributed by atoms with Crippen LogP contribution in [0.4, 0.5) is 5.69 Å². The van der Waals surface area contributed by atoms with E-state index in [4.69, 9.17) is 0 Å². The normalized spacial score (nSPS) is 21.6. The summed E-state index contributed by atoms with van der Waals surface area (Å²) in [5.41, 5.74) is 1.35. The first-order chi connectivity index (χ1) is 14.2. The molecule has 3 aliphatic rings. The van der Waals surface area contributed by atoms with Crippen LogP contribution in [0.3, 0.4) is 0 Å². The Morgan fingerprint density at radius 2 is 2.00 bits per heavy atom. The van der Waals surface area contributed by atoms with Crippen molar-refractivity contribution in [3.8, 4) is 0 Å². The van der Waals surface area contributed by atoms with Gasteiger partial charge in [0, 0.05) is 36.1 Å². The lowest BCUT2D eigenvalue weighted by atomic mass is 10.1. The molecular formula is C18H24N4O5S3. The zero-order valence-corrected chi connectivity index (χ0v) is 19.0. The molecule has 1 aromatic carbocycles. The molecule has 3 heterocycles. The van der Waals surface area contributed by atoms with Gasteiger partial charge in [0.25, 0.3) is 15.9 Å². The number of fused-ring (bicyclic) bond motifs is 3. The van der Waals surface area contributed by atoms with Crippen molar-refractivity contribution in [2.24, 2.45) is 4.40 Å². The summed E-state index contributed by atoms with van der Waals surface area (Å²) in [6.07, 6.45) is 1.75. The molecule has 0 saturated carbocycles. The quantitative estimate of drug-likeness (QED) is 0.685. The zero-order valence-electron chi connectivity index (χ0n) is 16.6. The summed E-state index contributed by atoms with van der Waals surface area (Å²) < 4.78 is 53.1. The summed E-state index contributed by atoms with van der Waals surface area (Å²) in [6.45, 7) is 3.02. The number of piperidine rings is 1. The average molecular weight is 473 g/mol. The molecule has 1 fully saturated rings. The number of rotatable bonds is 5. The smallest absolute Gasteiger partial charge is 0.257 e. The highest BCUT2D eigenvalue weighted by atomic mass is 32.2. The summed E-state index contributed by atoms with van der Waals surface area (Å²) in [5.74, 6) is -0.0843. The largest absolute Gasteiger partial charge is 0.349 e. The van der Waals surface area contributed by atoms with Crippen LogP contribution in [0.25, 0.3) is 0 Å². The number of benzene rings is 1. The van der Waals surface area contributed by atoms with Gasteiger partial charge in [-0.2, -0.15) is 0 Å². The van der Waals surface area contributed by atoms with E-state index >= 15 is 0 Å². The van der Waals surface area contributed by atoms with Crippen LogP contribution in [0.5, 0.6) is 0 Å². The number of amides is 1. The van der Waals surface area contributed by atoms with Crippen molar-refractivity contribution < 1.29 is 21.6 Å². The van der Waals surface area contributed by atoms with Gasteiger partial charge in [0.2, 0.25) is 10.0 Å². The highest BCUT2D eigenvalue weighted by Crippen LogP contribution is 2.42. The summed E-state index contributed by atoms with van der Waals surface area (Å²) >= 11 is 1.25. The van der Waals surface area contributed by atoms with Crippen molar-refractivity contribution >= 4 is 48.6 Å². The minimum absolute atomic E-state index is 0.0224. The summed E-state index contributed by atoms with van der Waals surface area (Å²) in [6, 6.07) is 5.22. The maximum Gasteiger partial charge on any atom is 0.257 e. The monoisotopic (exact) mass is 472 g/mol. The number of carbonyl (C=O) groups is 1. The third-order valence-corrected chi connectivity index (χ3v) is 9.76. The molecule has 12 heteroatoms. The predicted octanol–water partition coefficient (Wildman–Crippen LogP) is 1.23. The number of nitrogens with one attached hydrogen (secondary N) is 1. The number of hydrogen-bond acceptors (Lipinski definition) is 7. The van der Waals surface area contributed by atoms with Gasteiger partial charge in [-0.05, 0) is 49.2 Å². The highest BCUT2D eigenvalue weighted by Gasteiger charge is 2.34. The molecule has 9 nitrogen and oxygen atoms in total. The van der Waals surface area contributed by atoms with E-state index in [2.05, 4.69) is 9.71 Å². The molecule has 0 unspecified atom stereocenters. The third kappa shape index (κ3) is 4.36. The summed E-state index contributed by atoms with van der Waals surface area (Å²) in [7, 11) is -6.62. The molecule has 1 aromatic rings. The number of anilines is 1. The fourth-order valence-electron chi connectivity index (χ4n) is 3.81. The maximum atomic E-state index is 12.7. The average Bonchev–Trinajstić information content (AvgIpc) is 3.03.